The van der Waals surface area contributed by atoms with Gasteiger partial charge in [0.2, 0.25) is 0 Å². The van der Waals surface area contributed by atoms with Crippen LogP contribution in [-0.4, -0.2) is 26.3 Å². The molecule has 1 rings (SSSR count). The van der Waals surface area contributed by atoms with E-state index < -0.39 is 5.97 Å². The van der Waals surface area contributed by atoms with E-state index in [0.29, 0.717) is 18.2 Å². The Hall–Kier alpha value is -1.52. The minimum absolute atomic E-state index is 0.0484. The zero-order valence-corrected chi connectivity index (χ0v) is 8.97. The van der Waals surface area contributed by atoms with Gasteiger partial charge in [0, 0.05) is 6.42 Å². The molecule has 0 aliphatic carbocycles. The van der Waals surface area contributed by atoms with Crippen LogP contribution in [0.15, 0.2) is 6.20 Å². The lowest BCUT2D eigenvalue weighted by Gasteiger charge is -2.04. The standard InChI is InChI=1S/C10H15N3O2/c1-7(2)5-8-6-11-13-9(12-8)3-4-10(14)15/h6-7H,3-5H2,1-2H3,(H,14,15). The summed E-state index contributed by atoms with van der Waals surface area (Å²) in [6, 6.07) is 0. The van der Waals surface area contributed by atoms with Crippen molar-refractivity contribution < 1.29 is 9.90 Å². The number of hydrogen-bond acceptors (Lipinski definition) is 4. The Kier molecular flexibility index (Phi) is 4.15. The van der Waals surface area contributed by atoms with E-state index in [-0.39, 0.29) is 6.42 Å². The fourth-order valence-corrected chi connectivity index (χ4v) is 1.22. The summed E-state index contributed by atoms with van der Waals surface area (Å²) in [5, 5.41) is 16.1. The molecule has 0 fully saturated rings. The molecule has 1 N–H and O–H groups in total. The van der Waals surface area contributed by atoms with Gasteiger partial charge in [-0.2, -0.15) is 5.10 Å². The maximum Gasteiger partial charge on any atom is 0.303 e. The van der Waals surface area contributed by atoms with Crippen molar-refractivity contribution in [2.45, 2.75) is 33.1 Å². The van der Waals surface area contributed by atoms with E-state index in [1.54, 1.807) is 6.20 Å². The van der Waals surface area contributed by atoms with E-state index in [1.165, 1.54) is 0 Å². The van der Waals surface area contributed by atoms with Gasteiger partial charge in [-0.25, -0.2) is 4.98 Å². The topological polar surface area (TPSA) is 76.0 Å². The predicted octanol–water partition coefficient (Wildman–Crippen LogP) is 1.09. The SMILES string of the molecule is CC(C)Cc1cnnc(CCC(=O)O)n1. The first-order valence-electron chi connectivity index (χ1n) is 4.97. The van der Waals surface area contributed by atoms with E-state index in [1.807, 2.05) is 0 Å². The minimum Gasteiger partial charge on any atom is -0.481 e. The van der Waals surface area contributed by atoms with Crippen LogP contribution < -0.4 is 0 Å². The third kappa shape index (κ3) is 4.49. The van der Waals surface area contributed by atoms with E-state index >= 15 is 0 Å². The Morgan fingerprint density at radius 3 is 2.87 bits per heavy atom. The van der Waals surface area contributed by atoms with Gasteiger partial charge in [0.05, 0.1) is 18.3 Å². The van der Waals surface area contributed by atoms with E-state index in [9.17, 15) is 4.79 Å². The van der Waals surface area contributed by atoms with Crippen LogP contribution in [0, 0.1) is 5.92 Å². The smallest absolute Gasteiger partial charge is 0.303 e. The van der Waals surface area contributed by atoms with Crippen molar-refractivity contribution in [2.75, 3.05) is 0 Å². The predicted molar refractivity (Wildman–Crippen MR) is 54.3 cm³/mol. The highest BCUT2D eigenvalue weighted by molar-refractivity contribution is 5.66. The Labute approximate surface area is 88.6 Å². The fraction of sp³-hybridized carbons (Fsp3) is 0.600. The number of aliphatic carboxylic acids is 1. The molecule has 82 valence electrons. The second-order valence-corrected chi connectivity index (χ2v) is 3.86. The van der Waals surface area contributed by atoms with E-state index in [2.05, 4.69) is 29.0 Å². The quantitative estimate of drug-likeness (QED) is 0.785. The Bertz CT molecular complexity index is 339. The molecule has 5 heteroatoms. The monoisotopic (exact) mass is 209 g/mol. The molecule has 1 aromatic heterocycles. The number of carboxylic acid groups (broad SMARTS) is 1. The van der Waals surface area contributed by atoms with Crippen LogP contribution in [0.2, 0.25) is 0 Å². The zero-order chi connectivity index (χ0) is 11.3. The Morgan fingerprint density at radius 2 is 2.27 bits per heavy atom. The molecule has 1 aromatic rings. The van der Waals surface area contributed by atoms with Gasteiger partial charge in [0.1, 0.15) is 0 Å². The van der Waals surface area contributed by atoms with Crippen molar-refractivity contribution in [3.05, 3.63) is 17.7 Å². The average Bonchev–Trinajstić information content (AvgIpc) is 2.14. The minimum atomic E-state index is -0.840. The third-order valence-corrected chi connectivity index (χ3v) is 1.83. The van der Waals surface area contributed by atoms with Gasteiger partial charge >= 0.3 is 5.97 Å². The summed E-state index contributed by atoms with van der Waals surface area (Å²) < 4.78 is 0. The van der Waals surface area contributed by atoms with Crippen molar-refractivity contribution in [1.82, 2.24) is 15.2 Å². The van der Waals surface area contributed by atoms with Crippen molar-refractivity contribution in [1.29, 1.82) is 0 Å². The maximum absolute atomic E-state index is 10.4. The number of carbonyl (C=O) groups is 1. The second-order valence-electron chi connectivity index (χ2n) is 3.86. The van der Waals surface area contributed by atoms with Gasteiger partial charge in [-0.05, 0) is 12.3 Å². The molecule has 0 spiro atoms. The summed E-state index contributed by atoms with van der Waals surface area (Å²) in [5.74, 6) is 0.178. The van der Waals surface area contributed by atoms with Crippen LogP contribution in [0.4, 0.5) is 0 Å². The summed E-state index contributed by atoms with van der Waals surface area (Å²) >= 11 is 0. The highest BCUT2D eigenvalue weighted by Gasteiger charge is 2.05. The number of hydrogen-bond donors (Lipinski definition) is 1. The highest BCUT2D eigenvalue weighted by Crippen LogP contribution is 2.04. The van der Waals surface area contributed by atoms with Crippen molar-refractivity contribution in [2.24, 2.45) is 5.92 Å². The normalized spacial score (nSPS) is 10.6. The molecule has 0 amide bonds. The summed E-state index contributed by atoms with van der Waals surface area (Å²) in [4.78, 5) is 14.6. The zero-order valence-electron chi connectivity index (χ0n) is 8.97. The molecule has 1 heterocycles. The lowest BCUT2D eigenvalue weighted by atomic mass is 10.1. The van der Waals surface area contributed by atoms with Gasteiger partial charge in [0.25, 0.3) is 0 Å². The van der Waals surface area contributed by atoms with E-state index in [0.717, 1.165) is 12.1 Å². The molecule has 0 aliphatic rings. The highest BCUT2D eigenvalue weighted by atomic mass is 16.4. The van der Waals surface area contributed by atoms with Gasteiger partial charge in [-0.1, -0.05) is 13.8 Å². The van der Waals surface area contributed by atoms with Crippen LogP contribution in [0.3, 0.4) is 0 Å². The molecule has 0 bridgehead atoms. The molecule has 0 aromatic carbocycles. The van der Waals surface area contributed by atoms with Crippen molar-refractivity contribution in [3.63, 3.8) is 0 Å². The van der Waals surface area contributed by atoms with Crippen molar-refractivity contribution in [3.8, 4) is 0 Å². The van der Waals surface area contributed by atoms with Gasteiger partial charge in [-0.3, -0.25) is 4.79 Å². The number of rotatable bonds is 5. The molecule has 0 atom stereocenters. The first kappa shape index (κ1) is 11.6. The lowest BCUT2D eigenvalue weighted by Crippen LogP contribution is -2.06. The molecular weight excluding hydrogens is 194 g/mol. The summed E-state index contributed by atoms with van der Waals surface area (Å²) in [7, 11) is 0. The van der Waals surface area contributed by atoms with Crippen LogP contribution in [0.1, 0.15) is 31.8 Å². The average molecular weight is 209 g/mol. The third-order valence-electron chi connectivity index (χ3n) is 1.83. The van der Waals surface area contributed by atoms with Crippen LogP contribution in [0.25, 0.3) is 0 Å². The van der Waals surface area contributed by atoms with Crippen LogP contribution in [0.5, 0.6) is 0 Å². The molecule has 0 unspecified atom stereocenters. The summed E-state index contributed by atoms with van der Waals surface area (Å²) in [6.45, 7) is 4.19. The summed E-state index contributed by atoms with van der Waals surface area (Å²) in [5.41, 5.74) is 0.875. The number of nitrogens with zero attached hydrogens (tertiary/aromatic N) is 3. The first-order chi connectivity index (χ1) is 7.08. The van der Waals surface area contributed by atoms with Gasteiger partial charge in [-0.15, -0.1) is 5.10 Å². The fourth-order valence-electron chi connectivity index (χ4n) is 1.22. The van der Waals surface area contributed by atoms with Crippen molar-refractivity contribution >= 4 is 5.97 Å². The van der Waals surface area contributed by atoms with Crippen LogP contribution >= 0.6 is 0 Å². The Morgan fingerprint density at radius 1 is 1.53 bits per heavy atom. The van der Waals surface area contributed by atoms with Crippen LogP contribution in [-0.2, 0) is 17.6 Å². The van der Waals surface area contributed by atoms with E-state index in [4.69, 9.17) is 5.11 Å². The number of carboxylic acids is 1. The Balaban J connectivity index is 2.61. The molecule has 15 heavy (non-hydrogen) atoms. The molecule has 0 saturated heterocycles. The lowest BCUT2D eigenvalue weighted by molar-refractivity contribution is -0.137. The maximum atomic E-state index is 10.4. The molecule has 5 nitrogen and oxygen atoms in total. The van der Waals surface area contributed by atoms with Gasteiger partial charge < -0.3 is 5.11 Å². The number of aromatic nitrogens is 3. The molecule has 0 aliphatic heterocycles. The second kappa shape index (κ2) is 5.38. The molecule has 0 radical (unpaired) electrons. The largest absolute Gasteiger partial charge is 0.481 e. The number of aryl methyl sites for hydroxylation is 1. The summed E-state index contributed by atoms with van der Waals surface area (Å²) in [6.07, 6.45) is 2.86. The first-order valence-corrected chi connectivity index (χ1v) is 4.97. The van der Waals surface area contributed by atoms with Gasteiger partial charge in [0.15, 0.2) is 5.82 Å². The molecule has 0 saturated carbocycles. The molecular formula is C10H15N3O2.